The first kappa shape index (κ1) is 15.1. The summed E-state index contributed by atoms with van der Waals surface area (Å²) >= 11 is 1.98. The summed E-state index contributed by atoms with van der Waals surface area (Å²) in [7, 11) is 0. The predicted octanol–water partition coefficient (Wildman–Crippen LogP) is 2.32. The highest BCUT2D eigenvalue weighted by atomic mass is 32.1. The average Bonchev–Trinajstić information content (AvgIpc) is 2.98. The molecule has 0 radical (unpaired) electrons. The van der Waals surface area contributed by atoms with Crippen molar-refractivity contribution in [3.8, 4) is 0 Å². The number of likely N-dealkylation sites (tertiary alicyclic amines) is 1. The molecule has 3 aliphatic rings. The van der Waals surface area contributed by atoms with Gasteiger partial charge in [0.15, 0.2) is 0 Å². The second kappa shape index (κ2) is 6.95. The molecular formula is C17H27N3OS. The lowest BCUT2D eigenvalue weighted by Gasteiger charge is -2.40. The fourth-order valence-electron chi connectivity index (χ4n) is 4.08. The van der Waals surface area contributed by atoms with E-state index in [0.29, 0.717) is 0 Å². The van der Waals surface area contributed by atoms with E-state index in [1.165, 1.54) is 62.3 Å². The van der Waals surface area contributed by atoms with Gasteiger partial charge < -0.3 is 4.74 Å². The lowest BCUT2D eigenvalue weighted by molar-refractivity contribution is -0.00359. The lowest BCUT2D eigenvalue weighted by Crippen LogP contribution is -2.51. The molecule has 5 heteroatoms. The number of rotatable bonds is 3. The highest BCUT2D eigenvalue weighted by Crippen LogP contribution is 2.28. The molecule has 2 fully saturated rings. The zero-order valence-electron chi connectivity index (χ0n) is 13.4. The van der Waals surface area contributed by atoms with Gasteiger partial charge in [0.25, 0.3) is 0 Å². The molecule has 122 valence electrons. The van der Waals surface area contributed by atoms with Gasteiger partial charge in [0.05, 0.1) is 25.5 Å². The summed E-state index contributed by atoms with van der Waals surface area (Å²) in [5, 5.41) is 1.36. The number of aryl methyl sites for hydroxylation is 2. The topological polar surface area (TPSA) is 28.6 Å². The number of morpholine rings is 1. The van der Waals surface area contributed by atoms with Gasteiger partial charge in [-0.1, -0.05) is 0 Å². The Morgan fingerprint density at radius 1 is 1.09 bits per heavy atom. The third kappa shape index (κ3) is 3.37. The third-order valence-electron chi connectivity index (χ3n) is 5.29. The van der Waals surface area contributed by atoms with Crippen molar-refractivity contribution >= 4 is 11.3 Å². The monoisotopic (exact) mass is 321 g/mol. The van der Waals surface area contributed by atoms with Crippen LogP contribution in [0.25, 0.3) is 0 Å². The zero-order chi connectivity index (χ0) is 14.8. The Bertz CT molecular complexity index is 475. The van der Waals surface area contributed by atoms with Crippen molar-refractivity contribution in [2.75, 3.05) is 39.4 Å². The number of thiazole rings is 1. The van der Waals surface area contributed by atoms with E-state index in [2.05, 4.69) is 9.80 Å². The highest BCUT2D eigenvalue weighted by molar-refractivity contribution is 7.11. The summed E-state index contributed by atoms with van der Waals surface area (Å²) in [4.78, 5) is 11.8. The Labute approximate surface area is 137 Å². The lowest BCUT2D eigenvalue weighted by atomic mass is 10.0. The quantitative estimate of drug-likeness (QED) is 0.854. The normalized spacial score (nSPS) is 27.7. The molecular weight excluding hydrogens is 294 g/mol. The maximum absolute atomic E-state index is 5.50. The minimum atomic E-state index is 0.729. The summed E-state index contributed by atoms with van der Waals surface area (Å²) in [6.45, 7) is 7.58. The average molecular weight is 321 g/mol. The van der Waals surface area contributed by atoms with E-state index in [1.807, 2.05) is 11.3 Å². The van der Waals surface area contributed by atoms with E-state index in [9.17, 15) is 0 Å². The standard InChI is InChI=1S/C17H27N3OS/c1-2-6-16-15(5-1)18-17(22-16)13-19-7-3-4-14(12-19)20-8-10-21-11-9-20/h14H,1-13H2. The van der Waals surface area contributed by atoms with Crippen molar-refractivity contribution in [2.45, 2.75) is 51.1 Å². The van der Waals surface area contributed by atoms with Crippen LogP contribution in [0.5, 0.6) is 0 Å². The minimum Gasteiger partial charge on any atom is -0.379 e. The van der Waals surface area contributed by atoms with E-state index in [-0.39, 0.29) is 0 Å². The summed E-state index contributed by atoms with van der Waals surface area (Å²) in [6, 6.07) is 0.729. The van der Waals surface area contributed by atoms with Crippen molar-refractivity contribution in [3.63, 3.8) is 0 Å². The first-order valence-electron chi connectivity index (χ1n) is 8.90. The van der Waals surface area contributed by atoms with Crippen LogP contribution in [-0.4, -0.2) is 60.2 Å². The molecule has 0 spiro atoms. The first-order chi connectivity index (χ1) is 10.9. The first-order valence-corrected chi connectivity index (χ1v) is 9.72. The molecule has 1 aliphatic carbocycles. The number of hydrogen-bond acceptors (Lipinski definition) is 5. The molecule has 1 atom stereocenters. The number of hydrogen-bond donors (Lipinski definition) is 0. The Balaban J connectivity index is 1.36. The second-order valence-electron chi connectivity index (χ2n) is 6.86. The number of aromatic nitrogens is 1. The van der Waals surface area contributed by atoms with Crippen LogP contribution < -0.4 is 0 Å². The smallest absolute Gasteiger partial charge is 0.107 e. The van der Waals surface area contributed by atoms with Crippen LogP contribution in [0.1, 0.15) is 41.3 Å². The number of ether oxygens (including phenoxy) is 1. The van der Waals surface area contributed by atoms with Crippen LogP contribution in [0.4, 0.5) is 0 Å². The molecule has 1 unspecified atom stereocenters. The fourth-order valence-corrected chi connectivity index (χ4v) is 5.28. The van der Waals surface area contributed by atoms with Crippen molar-refractivity contribution < 1.29 is 4.74 Å². The van der Waals surface area contributed by atoms with E-state index in [1.54, 1.807) is 4.88 Å². The van der Waals surface area contributed by atoms with Crippen LogP contribution in [0.15, 0.2) is 0 Å². The van der Waals surface area contributed by atoms with Gasteiger partial charge in [0.2, 0.25) is 0 Å². The van der Waals surface area contributed by atoms with Gasteiger partial charge in [-0.25, -0.2) is 4.98 Å². The summed E-state index contributed by atoms with van der Waals surface area (Å²) in [5.74, 6) is 0. The van der Waals surface area contributed by atoms with E-state index in [0.717, 1.165) is 38.9 Å². The minimum absolute atomic E-state index is 0.729. The zero-order valence-corrected chi connectivity index (χ0v) is 14.2. The van der Waals surface area contributed by atoms with Gasteiger partial charge in [-0.15, -0.1) is 11.3 Å². The molecule has 2 saturated heterocycles. The fraction of sp³-hybridized carbons (Fsp3) is 0.824. The molecule has 1 aromatic heterocycles. The summed E-state index contributed by atoms with van der Waals surface area (Å²) in [6.07, 6.45) is 7.85. The van der Waals surface area contributed by atoms with Crippen molar-refractivity contribution in [2.24, 2.45) is 0 Å². The van der Waals surface area contributed by atoms with E-state index >= 15 is 0 Å². The van der Waals surface area contributed by atoms with Gasteiger partial charge in [-0.3, -0.25) is 9.80 Å². The second-order valence-corrected chi connectivity index (χ2v) is 8.03. The molecule has 0 amide bonds. The number of nitrogens with zero attached hydrogens (tertiary/aromatic N) is 3. The van der Waals surface area contributed by atoms with E-state index in [4.69, 9.17) is 9.72 Å². The maximum atomic E-state index is 5.50. The van der Waals surface area contributed by atoms with Crippen LogP contribution in [0, 0.1) is 0 Å². The predicted molar refractivity (Wildman–Crippen MR) is 89.4 cm³/mol. The molecule has 0 N–H and O–H groups in total. The Hall–Kier alpha value is -0.490. The van der Waals surface area contributed by atoms with Crippen molar-refractivity contribution in [3.05, 3.63) is 15.6 Å². The molecule has 4 nitrogen and oxygen atoms in total. The summed E-state index contributed by atoms with van der Waals surface area (Å²) in [5.41, 5.74) is 1.41. The van der Waals surface area contributed by atoms with Crippen molar-refractivity contribution in [1.82, 2.24) is 14.8 Å². The van der Waals surface area contributed by atoms with Crippen LogP contribution in [0.3, 0.4) is 0 Å². The largest absolute Gasteiger partial charge is 0.379 e. The highest BCUT2D eigenvalue weighted by Gasteiger charge is 2.27. The molecule has 3 heterocycles. The number of piperidine rings is 1. The van der Waals surface area contributed by atoms with Crippen molar-refractivity contribution in [1.29, 1.82) is 0 Å². The van der Waals surface area contributed by atoms with Crippen LogP contribution in [-0.2, 0) is 24.1 Å². The molecule has 4 rings (SSSR count). The molecule has 1 aromatic rings. The SMILES string of the molecule is C1CCc2sc(CN3CCCC(N4CCOCC4)C3)nc2C1. The number of fused-ring (bicyclic) bond motifs is 1. The van der Waals surface area contributed by atoms with Crippen LogP contribution >= 0.6 is 11.3 Å². The van der Waals surface area contributed by atoms with Gasteiger partial charge >= 0.3 is 0 Å². The van der Waals surface area contributed by atoms with Crippen LogP contribution in [0.2, 0.25) is 0 Å². The van der Waals surface area contributed by atoms with Gasteiger partial charge in [-0.05, 0) is 45.1 Å². The summed E-state index contributed by atoms with van der Waals surface area (Å²) < 4.78 is 5.50. The van der Waals surface area contributed by atoms with E-state index < -0.39 is 0 Å². The van der Waals surface area contributed by atoms with Gasteiger partial charge in [-0.2, -0.15) is 0 Å². The Morgan fingerprint density at radius 3 is 2.82 bits per heavy atom. The van der Waals surface area contributed by atoms with Gasteiger partial charge in [0, 0.05) is 30.6 Å². The maximum Gasteiger partial charge on any atom is 0.107 e. The molecule has 0 aromatic carbocycles. The Kier molecular flexibility index (Phi) is 4.76. The third-order valence-corrected chi connectivity index (χ3v) is 6.43. The molecule has 0 saturated carbocycles. The molecule has 22 heavy (non-hydrogen) atoms. The van der Waals surface area contributed by atoms with Gasteiger partial charge in [0.1, 0.15) is 5.01 Å². The molecule has 0 bridgehead atoms. The Morgan fingerprint density at radius 2 is 1.95 bits per heavy atom. The molecule has 2 aliphatic heterocycles.